The SMILES string of the molecule is O=C(OC[C@H]1O[C@@H](/N=c2\sc(=Nc3ccccc3)nc(SCc3ccccc3)n2-c2ccccc2Cl)[C@H](OC(=O)c2ccccc2)[C@@H](OC(=O)c2ccccc2)[C@@H]1OC(=O)c1ccccc1)c1ccccc1. The summed E-state index contributed by atoms with van der Waals surface area (Å²) >= 11 is 9.51. The van der Waals surface area contributed by atoms with Gasteiger partial charge in [0.15, 0.2) is 34.5 Å². The molecule has 1 saturated heterocycles. The Kier molecular flexibility index (Phi) is 16.2. The zero-order valence-electron chi connectivity index (χ0n) is 38.1. The van der Waals surface area contributed by atoms with E-state index < -0.39 is 61.1 Å². The maximum absolute atomic E-state index is 14.4. The quantitative estimate of drug-likeness (QED) is 0.0547. The largest absolute Gasteiger partial charge is 0.459 e. The van der Waals surface area contributed by atoms with Crippen molar-refractivity contribution in [3.8, 4) is 5.69 Å². The van der Waals surface area contributed by atoms with Crippen LogP contribution >= 0.6 is 34.7 Å². The van der Waals surface area contributed by atoms with Crippen LogP contribution in [0.3, 0.4) is 0 Å². The molecule has 7 aromatic carbocycles. The van der Waals surface area contributed by atoms with Gasteiger partial charge in [0.1, 0.15) is 12.7 Å². The van der Waals surface area contributed by atoms with Gasteiger partial charge in [-0.3, -0.25) is 4.57 Å². The van der Waals surface area contributed by atoms with Crippen LogP contribution in [0, 0.1) is 0 Å². The molecule has 0 spiro atoms. The summed E-state index contributed by atoms with van der Waals surface area (Å²) in [5.41, 5.74) is 2.81. The zero-order valence-corrected chi connectivity index (χ0v) is 40.5. The van der Waals surface area contributed by atoms with Crippen LogP contribution in [-0.2, 0) is 29.4 Å². The zero-order chi connectivity index (χ0) is 49.7. The number of carbonyl (C=O) groups is 4. The molecule has 0 aliphatic carbocycles. The molecule has 0 radical (unpaired) electrons. The molecule has 0 amide bonds. The summed E-state index contributed by atoms with van der Waals surface area (Å²) in [6, 6.07) is 59.1. The highest BCUT2D eigenvalue weighted by molar-refractivity contribution is 7.98. The maximum Gasteiger partial charge on any atom is 0.338 e. The van der Waals surface area contributed by atoms with E-state index in [0.29, 0.717) is 32.1 Å². The van der Waals surface area contributed by atoms with Crippen molar-refractivity contribution in [1.29, 1.82) is 0 Å². The Labute approximate surface area is 427 Å². The van der Waals surface area contributed by atoms with Crippen LogP contribution in [0.1, 0.15) is 47.0 Å². The standard InChI is InChI=1S/C56H43ClN4O9S2/c57-43-33-19-20-34-44(43)61-55(71-36-37-21-7-1-8-22-37)60-54(58-42-31-17-6-18-32-42)72-56(61)59-49-48(70-53(65)41-29-15-5-16-30-41)47(69-52(64)40-27-13-4-14-28-40)46(68-51(63)39-25-11-3-12-26-39)45(67-49)35-66-50(62)38-23-9-2-10-24-38/h1-34,45-49H,35-36H2/b58-54?,59-56-/t45-,46-,47+,48-,49-/m1/s1. The Hall–Kier alpha value is -7.95. The molecule has 0 N–H and O–H groups in total. The van der Waals surface area contributed by atoms with Gasteiger partial charge in [-0.1, -0.05) is 168 Å². The van der Waals surface area contributed by atoms with Crippen molar-refractivity contribution in [2.24, 2.45) is 9.98 Å². The number of nitrogens with zero attached hydrogens (tertiary/aromatic N) is 4. The topological polar surface area (TPSA) is 157 Å². The second kappa shape index (κ2) is 23.8. The number of rotatable bonds is 15. The van der Waals surface area contributed by atoms with Crippen molar-refractivity contribution in [3.05, 3.63) is 249 Å². The summed E-state index contributed by atoms with van der Waals surface area (Å²) < 4.78 is 33.5. The molecule has 72 heavy (non-hydrogen) atoms. The van der Waals surface area contributed by atoms with E-state index in [-0.39, 0.29) is 27.1 Å². The predicted octanol–water partition coefficient (Wildman–Crippen LogP) is 10.3. The molecule has 0 bridgehead atoms. The van der Waals surface area contributed by atoms with E-state index in [9.17, 15) is 19.2 Å². The van der Waals surface area contributed by atoms with Gasteiger partial charge in [-0.15, -0.1) is 0 Å². The van der Waals surface area contributed by atoms with E-state index in [4.69, 9.17) is 50.3 Å². The number of aromatic nitrogens is 2. The highest BCUT2D eigenvalue weighted by Crippen LogP contribution is 2.33. The Balaban J connectivity index is 1.27. The lowest BCUT2D eigenvalue weighted by molar-refractivity contribution is -0.227. The molecule has 2 heterocycles. The van der Waals surface area contributed by atoms with Crippen LogP contribution in [0.5, 0.6) is 0 Å². The van der Waals surface area contributed by atoms with Crippen molar-refractivity contribution in [3.63, 3.8) is 0 Å². The van der Waals surface area contributed by atoms with E-state index in [1.165, 1.54) is 11.8 Å². The van der Waals surface area contributed by atoms with Crippen molar-refractivity contribution < 1.29 is 42.9 Å². The summed E-state index contributed by atoms with van der Waals surface area (Å²) in [5.74, 6) is -2.73. The van der Waals surface area contributed by atoms with Crippen LogP contribution < -0.4 is 9.60 Å². The molecule has 8 aromatic rings. The minimum absolute atomic E-state index is 0.144. The molecule has 5 atom stereocenters. The fourth-order valence-corrected chi connectivity index (χ4v) is 9.69. The lowest BCUT2D eigenvalue weighted by Gasteiger charge is -2.43. The Morgan fingerprint density at radius 1 is 0.569 bits per heavy atom. The average Bonchev–Trinajstić information content (AvgIpc) is 3.43. The Bertz CT molecular complexity index is 3280. The molecule has 0 unspecified atom stereocenters. The normalized spacial score (nSPS) is 17.9. The van der Waals surface area contributed by atoms with Crippen LogP contribution in [0.25, 0.3) is 5.69 Å². The minimum atomic E-state index is -1.65. The monoisotopic (exact) mass is 1010 g/mol. The number of thioether (sulfide) groups is 1. The lowest BCUT2D eigenvalue weighted by Crippen LogP contribution is -2.62. The van der Waals surface area contributed by atoms with Gasteiger partial charge in [0, 0.05) is 5.75 Å². The highest BCUT2D eigenvalue weighted by Gasteiger charge is 2.53. The van der Waals surface area contributed by atoms with E-state index in [1.807, 2.05) is 66.7 Å². The first-order chi connectivity index (χ1) is 35.3. The fraction of sp³-hybridized carbons (Fsp3) is 0.125. The Morgan fingerprint density at radius 2 is 1.03 bits per heavy atom. The van der Waals surface area contributed by atoms with Crippen LogP contribution in [0.4, 0.5) is 5.69 Å². The first kappa shape index (κ1) is 49.0. The summed E-state index contributed by atoms with van der Waals surface area (Å²) in [5, 5.41) is 0.787. The first-order valence-electron chi connectivity index (χ1n) is 22.6. The number of benzene rings is 7. The predicted molar refractivity (Wildman–Crippen MR) is 272 cm³/mol. The third-order valence-electron chi connectivity index (χ3n) is 11.0. The molecule has 9 rings (SSSR count). The van der Waals surface area contributed by atoms with E-state index in [2.05, 4.69) is 0 Å². The van der Waals surface area contributed by atoms with Gasteiger partial charge in [0.05, 0.1) is 38.7 Å². The number of halogens is 1. The molecular weight excluding hydrogens is 972 g/mol. The molecule has 1 fully saturated rings. The second-order valence-electron chi connectivity index (χ2n) is 15.9. The van der Waals surface area contributed by atoms with Gasteiger partial charge in [-0.25, -0.2) is 29.2 Å². The van der Waals surface area contributed by atoms with Gasteiger partial charge in [-0.2, -0.15) is 4.98 Å². The molecule has 1 aliphatic heterocycles. The summed E-state index contributed by atoms with van der Waals surface area (Å²) in [7, 11) is 0. The van der Waals surface area contributed by atoms with Crippen molar-refractivity contribution in [1.82, 2.24) is 9.55 Å². The number of hydrogen-bond acceptors (Lipinski definition) is 14. The van der Waals surface area contributed by atoms with Crippen LogP contribution in [0.15, 0.2) is 221 Å². The van der Waals surface area contributed by atoms with Crippen molar-refractivity contribution >= 4 is 64.3 Å². The maximum atomic E-state index is 14.4. The molecule has 16 heteroatoms. The smallest absolute Gasteiger partial charge is 0.338 e. The van der Waals surface area contributed by atoms with Gasteiger partial charge >= 0.3 is 23.9 Å². The molecule has 13 nitrogen and oxygen atoms in total. The highest BCUT2D eigenvalue weighted by atomic mass is 35.5. The van der Waals surface area contributed by atoms with Gasteiger partial charge in [0.25, 0.3) is 0 Å². The third-order valence-corrected chi connectivity index (χ3v) is 13.2. The van der Waals surface area contributed by atoms with E-state index >= 15 is 0 Å². The molecule has 1 aromatic heterocycles. The molecule has 1 aliphatic rings. The van der Waals surface area contributed by atoms with E-state index in [1.54, 1.807) is 144 Å². The fourth-order valence-electron chi connectivity index (χ4n) is 7.52. The second-order valence-corrected chi connectivity index (χ2v) is 18.2. The summed E-state index contributed by atoms with van der Waals surface area (Å²) in [6.07, 6.45) is -7.86. The third kappa shape index (κ3) is 12.3. The van der Waals surface area contributed by atoms with E-state index in [0.717, 1.165) is 16.9 Å². The number of esters is 4. The van der Waals surface area contributed by atoms with Gasteiger partial charge in [0.2, 0.25) is 4.80 Å². The summed E-state index contributed by atoms with van der Waals surface area (Å²) in [6.45, 7) is -0.539. The number of para-hydroxylation sites is 2. The van der Waals surface area contributed by atoms with Crippen molar-refractivity contribution in [2.75, 3.05) is 6.61 Å². The van der Waals surface area contributed by atoms with Gasteiger partial charge in [-0.05, 0) is 78.4 Å². The number of hydrogen-bond donors (Lipinski definition) is 0. The van der Waals surface area contributed by atoms with Crippen LogP contribution in [-0.4, -0.2) is 70.7 Å². The Morgan fingerprint density at radius 3 is 1.57 bits per heavy atom. The summed E-state index contributed by atoms with van der Waals surface area (Å²) in [4.78, 5) is 72.3. The van der Waals surface area contributed by atoms with Crippen LogP contribution in [0.2, 0.25) is 5.02 Å². The van der Waals surface area contributed by atoms with Gasteiger partial charge < -0.3 is 23.7 Å². The number of ether oxygens (including phenoxy) is 5. The van der Waals surface area contributed by atoms with Crippen molar-refractivity contribution in [2.45, 2.75) is 41.6 Å². The lowest BCUT2D eigenvalue weighted by atomic mass is 9.97. The first-order valence-corrected chi connectivity index (χ1v) is 24.8. The number of carbonyl (C=O) groups excluding carboxylic acids is 4. The minimum Gasteiger partial charge on any atom is -0.459 e. The molecule has 0 saturated carbocycles. The molecule has 360 valence electrons. The average molecular weight is 1020 g/mol. The molecular formula is C56H43ClN4O9S2.